The highest BCUT2D eigenvalue weighted by molar-refractivity contribution is 5.87. The van der Waals surface area contributed by atoms with Crippen LogP contribution >= 0.6 is 0 Å². The minimum Gasteiger partial charge on any atom is -0.476 e. The van der Waals surface area contributed by atoms with Crippen LogP contribution in [0.2, 0.25) is 0 Å². The summed E-state index contributed by atoms with van der Waals surface area (Å²) in [5, 5.41) is 9.47. The van der Waals surface area contributed by atoms with Crippen molar-refractivity contribution in [3.05, 3.63) is 46.9 Å². The largest absolute Gasteiger partial charge is 0.476 e. The van der Waals surface area contributed by atoms with E-state index in [1.807, 2.05) is 46.8 Å². The van der Waals surface area contributed by atoms with E-state index in [-0.39, 0.29) is 11.7 Å². The van der Waals surface area contributed by atoms with E-state index in [9.17, 15) is 14.7 Å². The summed E-state index contributed by atoms with van der Waals surface area (Å²) in [6, 6.07) is 8.25. The predicted molar refractivity (Wildman–Crippen MR) is 124 cm³/mol. The van der Waals surface area contributed by atoms with Gasteiger partial charge in [-0.1, -0.05) is 31.2 Å². The lowest BCUT2D eigenvalue weighted by Crippen LogP contribution is -2.26. The molecule has 6 heteroatoms. The zero-order chi connectivity index (χ0) is 23.5. The summed E-state index contributed by atoms with van der Waals surface area (Å²) in [7, 11) is 0. The van der Waals surface area contributed by atoms with E-state index in [1.54, 1.807) is 0 Å². The number of carbonyl (C=O) groups excluding carboxylic acids is 1. The Balaban J connectivity index is 1.66. The van der Waals surface area contributed by atoms with Gasteiger partial charge < -0.3 is 9.84 Å². The van der Waals surface area contributed by atoms with Gasteiger partial charge in [0.2, 0.25) is 0 Å². The first-order chi connectivity index (χ1) is 15.1. The molecular weight excluding hydrogens is 404 g/mol. The zero-order valence-electron chi connectivity index (χ0n) is 19.8. The molecule has 0 amide bonds. The zero-order valence-corrected chi connectivity index (χ0v) is 19.8. The molecule has 6 nitrogen and oxygen atoms in total. The van der Waals surface area contributed by atoms with Gasteiger partial charge in [0.15, 0.2) is 5.69 Å². The molecule has 1 aromatic carbocycles. The maximum absolute atomic E-state index is 12.1. The second-order valence-electron chi connectivity index (χ2n) is 9.74. The lowest BCUT2D eigenvalue weighted by Gasteiger charge is -2.29. The van der Waals surface area contributed by atoms with Gasteiger partial charge in [-0.2, -0.15) is 0 Å². The third-order valence-electron chi connectivity index (χ3n) is 6.06. The molecule has 0 aliphatic heterocycles. The van der Waals surface area contributed by atoms with Crippen LogP contribution in [0.1, 0.15) is 93.2 Å². The number of aryl methyl sites for hydroxylation is 2. The average Bonchev–Trinajstić information content (AvgIpc) is 2.72. The van der Waals surface area contributed by atoms with E-state index >= 15 is 0 Å². The van der Waals surface area contributed by atoms with E-state index in [0.29, 0.717) is 36.1 Å². The number of esters is 1. The SMILES string of the molecule is CCc1nc(C)c(-c2ccc([C@H]3CC[C@H](CC(=O)OC(C)(C)C)CC3)cc2)nc1C(=O)O. The molecule has 1 fully saturated rings. The number of rotatable bonds is 6. The van der Waals surface area contributed by atoms with Crippen molar-refractivity contribution in [2.24, 2.45) is 5.92 Å². The molecule has 3 rings (SSSR count). The molecule has 0 radical (unpaired) electrons. The maximum atomic E-state index is 12.1. The van der Waals surface area contributed by atoms with Crippen LogP contribution < -0.4 is 0 Å². The van der Waals surface area contributed by atoms with Crippen molar-refractivity contribution in [2.75, 3.05) is 0 Å². The van der Waals surface area contributed by atoms with Crippen molar-refractivity contribution in [2.45, 2.75) is 84.7 Å². The molecule has 1 heterocycles. The topological polar surface area (TPSA) is 89.4 Å². The fraction of sp³-hybridized carbons (Fsp3) is 0.538. The number of benzene rings is 1. The number of hydrogen-bond donors (Lipinski definition) is 1. The second kappa shape index (κ2) is 9.80. The second-order valence-corrected chi connectivity index (χ2v) is 9.74. The number of aromatic nitrogens is 2. The molecule has 0 atom stereocenters. The predicted octanol–water partition coefficient (Wildman–Crippen LogP) is 5.72. The summed E-state index contributed by atoms with van der Waals surface area (Å²) in [5.41, 5.74) is 3.62. The smallest absolute Gasteiger partial charge is 0.356 e. The minimum absolute atomic E-state index is 0.0282. The minimum atomic E-state index is -1.05. The number of nitrogens with zero attached hydrogens (tertiary/aromatic N) is 2. The Morgan fingerprint density at radius 1 is 1.06 bits per heavy atom. The fourth-order valence-corrected chi connectivity index (χ4v) is 4.49. The Bertz CT molecular complexity index is 969. The Morgan fingerprint density at radius 3 is 2.22 bits per heavy atom. The molecule has 1 aliphatic rings. The number of hydrogen-bond acceptors (Lipinski definition) is 5. The first-order valence-electron chi connectivity index (χ1n) is 11.5. The van der Waals surface area contributed by atoms with Gasteiger partial charge in [0.25, 0.3) is 0 Å². The van der Waals surface area contributed by atoms with Gasteiger partial charge in [-0.15, -0.1) is 0 Å². The third kappa shape index (κ3) is 5.93. The molecular formula is C26H34N2O4. The molecule has 0 saturated heterocycles. The van der Waals surface area contributed by atoms with E-state index in [4.69, 9.17) is 4.74 Å². The Kier molecular flexibility index (Phi) is 7.32. The third-order valence-corrected chi connectivity index (χ3v) is 6.06. The number of carboxylic acid groups (broad SMARTS) is 1. The number of ether oxygens (including phenoxy) is 1. The molecule has 1 aliphatic carbocycles. The fourth-order valence-electron chi connectivity index (χ4n) is 4.49. The first kappa shape index (κ1) is 23.9. The van der Waals surface area contributed by atoms with Crippen LogP contribution in [0, 0.1) is 12.8 Å². The Morgan fingerprint density at radius 2 is 1.69 bits per heavy atom. The van der Waals surface area contributed by atoms with Crippen molar-refractivity contribution < 1.29 is 19.4 Å². The van der Waals surface area contributed by atoms with Crippen molar-refractivity contribution in [3.8, 4) is 11.3 Å². The summed E-state index contributed by atoms with van der Waals surface area (Å²) in [4.78, 5) is 32.6. The lowest BCUT2D eigenvalue weighted by molar-refractivity contribution is -0.156. The highest BCUT2D eigenvalue weighted by atomic mass is 16.6. The van der Waals surface area contributed by atoms with Crippen molar-refractivity contribution in [3.63, 3.8) is 0 Å². The van der Waals surface area contributed by atoms with Gasteiger partial charge in [0.1, 0.15) is 5.60 Å². The summed E-state index contributed by atoms with van der Waals surface area (Å²) in [5.74, 6) is -0.278. The van der Waals surface area contributed by atoms with Gasteiger partial charge in [-0.3, -0.25) is 9.78 Å². The molecule has 2 aromatic rings. The van der Waals surface area contributed by atoms with Crippen LogP contribution in [0.3, 0.4) is 0 Å². The molecule has 1 aromatic heterocycles. The summed E-state index contributed by atoms with van der Waals surface area (Å²) < 4.78 is 5.47. The molecule has 0 unspecified atom stereocenters. The van der Waals surface area contributed by atoms with Gasteiger partial charge in [-0.05, 0) is 77.2 Å². The summed E-state index contributed by atoms with van der Waals surface area (Å²) in [6.07, 6.45) is 5.19. The van der Waals surface area contributed by atoms with Gasteiger partial charge in [0.05, 0.1) is 17.1 Å². The molecule has 32 heavy (non-hydrogen) atoms. The van der Waals surface area contributed by atoms with Crippen LogP contribution in [0.15, 0.2) is 24.3 Å². The van der Waals surface area contributed by atoms with Crippen molar-refractivity contribution >= 4 is 11.9 Å². The average molecular weight is 439 g/mol. The maximum Gasteiger partial charge on any atom is 0.356 e. The van der Waals surface area contributed by atoms with Crippen LogP contribution in [-0.4, -0.2) is 32.6 Å². The molecule has 172 valence electrons. The van der Waals surface area contributed by atoms with Crippen molar-refractivity contribution in [1.82, 2.24) is 9.97 Å². The lowest BCUT2D eigenvalue weighted by atomic mass is 9.77. The quantitative estimate of drug-likeness (QED) is 0.580. The van der Waals surface area contributed by atoms with E-state index < -0.39 is 11.6 Å². The summed E-state index contributed by atoms with van der Waals surface area (Å²) >= 11 is 0. The number of carboxylic acids is 1. The van der Waals surface area contributed by atoms with Crippen LogP contribution in [-0.2, 0) is 16.0 Å². The van der Waals surface area contributed by atoms with Gasteiger partial charge in [0, 0.05) is 12.0 Å². The molecule has 0 spiro atoms. The first-order valence-corrected chi connectivity index (χ1v) is 11.5. The standard InChI is InChI=1S/C26H34N2O4/c1-6-21-24(25(30)31)28-23(16(2)27-21)20-13-11-19(12-14-20)18-9-7-17(8-10-18)15-22(29)32-26(3,4)5/h11-14,17-18H,6-10,15H2,1-5H3,(H,30,31)/t17-,18-. The molecule has 0 bridgehead atoms. The monoisotopic (exact) mass is 438 g/mol. The molecule has 1 N–H and O–H groups in total. The Labute approximate surface area is 190 Å². The van der Waals surface area contributed by atoms with Crippen molar-refractivity contribution in [1.29, 1.82) is 0 Å². The highest BCUT2D eigenvalue weighted by Gasteiger charge is 2.26. The van der Waals surface area contributed by atoms with E-state index in [0.717, 1.165) is 36.9 Å². The van der Waals surface area contributed by atoms with Gasteiger partial charge in [-0.25, -0.2) is 9.78 Å². The normalized spacial score (nSPS) is 18.9. The van der Waals surface area contributed by atoms with E-state index in [1.165, 1.54) is 5.56 Å². The number of carbonyl (C=O) groups is 2. The van der Waals surface area contributed by atoms with Crippen LogP contribution in [0.5, 0.6) is 0 Å². The Hall–Kier alpha value is -2.76. The van der Waals surface area contributed by atoms with Gasteiger partial charge >= 0.3 is 11.9 Å². The number of aromatic carboxylic acids is 1. The molecule has 1 saturated carbocycles. The van der Waals surface area contributed by atoms with Crippen LogP contribution in [0.25, 0.3) is 11.3 Å². The summed E-state index contributed by atoms with van der Waals surface area (Å²) in [6.45, 7) is 9.46. The van der Waals surface area contributed by atoms with E-state index in [2.05, 4.69) is 22.1 Å². The highest BCUT2D eigenvalue weighted by Crippen LogP contribution is 2.38. The van der Waals surface area contributed by atoms with Crippen LogP contribution in [0.4, 0.5) is 0 Å².